The highest BCUT2D eigenvalue weighted by Crippen LogP contribution is 2.30. The first-order chi connectivity index (χ1) is 13.0. The van der Waals surface area contributed by atoms with Gasteiger partial charge in [-0.2, -0.15) is 0 Å². The number of sulfonamides is 1. The summed E-state index contributed by atoms with van der Waals surface area (Å²) in [6.45, 7) is 2.59. The van der Waals surface area contributed by atoms with Gasteiger partial charge in [-0.25, -0.2) is 8.42 Å². The maximum atomic E-state index is 13.0. The molecule has 1 saturated heterocycles. The minimum absolute atomic E-state index is 0.0761. The number of carbonyl (C=O) groups is 1. The molecule has 4 rings (SSSR count). The molecule has 0 bridgehead atoms. The zero-order valence-electron chi connectivity index (χ0n) is 15.0. The normalized spacial score (nSPS) is 14.7. The molecule has 138 valence electrons. The topological polar surface area (TPSA) is 66.5 Å². The van der Waals surface area contributed by atoms with E-state index in [1.54, 1.807) is 35.2 Å². The Balaban J connectivity index is 1.72. The van der Waals surface area contributed by atoms with Gasteiger partial charge in [0.25, 0.3) is 10.0 Å². The summed E-state index contributed by atoms with van der Waals surface area (Å²) in [4.78, 5) is 14.0. The number of anilines is 2. The van der Waals surface area contributed by atoms with Crippen molar-refractivity contribution in [1.82, 2.24) is 0 Å². The fraction of sp³-hybridized carbons (Fsp3) is 0.190. The number of fused-ring (bicyclic) bond motifs is 1. The SMILES string of the molecule is Cc1ccc(NS(=O)(=O)c2cccc3ccccc23)cc1N1CCCC1=O. The Bertz CT molecular complexity index is 1130. The molecule has 1 N–H and O–H groups in total. The van der Waals surface area contributed by atoms with Crippen molar-refractivity contribution in [2.24, 2.45) is 0 Å². The molecule has 0 radical (unpaired) electrons. The van der Waals surface area contributed by atoms with Crippen LogP contribution in [0.4, 0.5) is 11.4 Å². The highest BCUT2D eigenvalue weighted by atomic mass is 32.2. The van der Waals surface area contributed by atoms with E-state index in [1.165, 1.54) is 0 Å². The van der Waals surface area contributed by atoms with Gasteiger partial charge in [-0.3, -0.25) is 9.52 Å². The van der Waals surface area contributed by atoms with Crippen molar-refractivity contribution in [3.05, 3.63) is 66.2 Å². The van der Waals surface area contributed by atoms with Crippen LogP contribution < -0.4 is 9.62 Å². The fourth-order valence-electron chi connectivity index (χ4n) is 3.51. The first kappa shape index (κ1) is 17.5. The number of nitrogens with zero attached hydrogens (tertiary/aromatic N) is 1. The van der Waals surface area contributed by atoms with Gasteiger partial charge in [-0.05, 0) is 42.5 Å². The minimum Gasteiger partial charge on any atom is -0.312 e. The number of aryl methyl sites for hydroxylation is 1. The lowest BCUT2D eigenvalue weighted by Gasteiger charge is -2.20. The molecule has 27 heavy (non-hydrogen) atoms. The van der Waals surface area contributed by atoms with Crippen LogP contribution in [0.5, 0.6) is 0 Å². The number of rotatable bonds is 4. The van der Waals surface area contributed by atoms with Crippen LogP contribution in [-0.4, -0.2) is 20.9 Å². The van der Waals surface area contributed by atoms with Crippen LogP contribution in [0.2, 0.25) is 0 Å². The highest BCUT2D eigenvalue weighted by molar-refractivity contribution is 7.93. The Morgan fingerprint density at radius 1 is 1.00 bits per heavy atom. The van der Waals surface area contributed by atoms with E-state index >= 15 is 0 Å². The van der Waals surface area contributed by atoms with E-state index in [-0.39, 0.29) is 10.8 Å². The van der Waals surface area contributed by atoms with Gasteiger partial charge in [-0.15, -0.1) is 0 Å². The molecule has 5 nitrogen and oxygen atoms in total. The first-order valence-electron chi connectivity index (χ1n) is 8.87. The molecule has 6 heteroatoms. The molecule has 0 spiro atoms. The summed E-state index contributed by atoms with van der Waals surface area (Å²) in [6, 6.07) is 17.9. The molecule has 3 aromatic carbocycles. The van der Waals surface area contributed by atoms with Crippen molar-refractivity contribution in [1.29, 1.82) is 0 Å². The van der Waals surface area contributed by atoms with Gasteiger partial charge in [0.1, 0.15) is 0 Å². The van der Waals surface area contributed by atoms with Gasteiger partial charge in [-0.1, -0.05) is 42.5 Å². The summed E-state index contributed by atoms with van der Waals surface area (Å²) in [5.41, 5.74) is 2.15. The van der Waals surface area contributed by atoms with E-state index in [0.717, 1.165) is 23.1 Å². The number of hydrogen-bond acceptors (Lipinski definition) is 3. The van der Waals surface area contributed by atoms with Crippen molar-refractivity contribution < 1.29 is 13.2 Å². The Labute approximate surface area is 158 Å². The maximum Gasteiger partial charge on any atom is 0.262 e. The average molecular weight is 380 g/mol. The molecular weight excluding hydrogens is 360 g/mol. The van der Waals surface area contributed by atoms with E-state index in [1.807, 2.05) is 37.3 Å². The predicted octanol–water partition coefficient (Wildman–Crippen LogP) is 4.08. The number of benzene rings is 3. The lowest BCUT2D eigenvalue weighted by molar-refractivity contribution is -0.117. The number of nitrogens with one attached hydrogen (secondary N) is 1. The lowest BCUT2D eigenvalue weighted by Crippen LogP contribution is -2.24. The zero-order chi connectivity index (χ0) is 19.0. The maximum absolute atomic E-state index is 13.0. The smallest absolute Gasteiger partial charge is 0.262 e. The summed E-state index contributed by atoms with van der Waals surface area (Å²) in [5.74, 6) is 0.0761. The first-order valence-corrected chi connectivity index (χ1v) is 10.4. The molecule has 1 aliphatic heterocycles. The van der Waals surface area contributed by atoms with Crippen LogP contribution in [-0.2, 0) is 14.8 Å². The van der Waals surface area contributed by atoms with Crippen LogP contribution in [0, 0.1) is 6.92 Å². The molecule has 1 aliphatic rings. The Morgan fingerprint density at radius 2 is 1.78 bits per heavy atom. The molecule has 1 heterocycles. The van der Waals surface area contributed by atoms with E-state index in [0.29, 0.717) is 24.0 Å². The molecule has 0 unspecified atom stereocenters. The van der Waals surface area contributed by atoms with Crippen molar-refractivity contribution in [3.63, 3.8) is 0 Å². The summed E-state index contributed by atoms with van der Waals surface area (Å²) >= 11 is 0. The van der Waals surface area contributed by atoms with Crippen LogP contribution in [0.25, 0.3) is 10.8 Å². The quantitative estimate of drug-likeness (QED) is 0.742. The Hall–Kier alpha value is -2.86. The van der Waals surface area contributed by atoms with E-state index in [2.05, 4.69) is 4.72 Å². The molecule has 1 fully saturated rings. The van der Waals surface area contributed by atoms with Crippen molar-refractivity contribution >= 4 is 38.1 Å². The third-order valence-electron chi connectivity index (χ3n) is 4.86. The summed E-state index contributed by atoms with van der Waals surface area (Å²) in [7, 11) is -3.76. The van der Waals surface area contributed by atoms with Gasteiger partial charge in [0.05, 0.1) is 10.6 Å². The molecule has 3 aromatic rings. The van der Waals surface area contributed by atoms with Crippen molar-refractivity contribution in [2.45, 2.75) is 24.7 Å². The average Bonchev–Trinajstić information content (AvgIpc) is 3.08. The number of hydrogen-bond donors (Lipinski definition) is 1. The summed E-state index contributed by atoms with van der Waals surface area (Å²) in [5, 5.41) is 1.54. The van der Waals surface area contributed by atoms with Crippen molar-refractivity contribution in [3.8, 4) is 0 Å². The molecule has 0 atom stereocenters. The predicted molar refractivity (Wildman–Crippen MR) is 108 cm³/mol. The Morgan fingerprint density at radius 3 is 2.56 bits per heavy atom. The van der Waals surface area contributed by atoms with Gasteiger partial charge >= 0.3 is 0 Å². The third kappa shape index (κ3) is 3.28. The molecule has 0 aliphatic carbocycles. The van der Waals surface area contributed by atoms with Gasteiger partial charge < -0.3 is 4.90 Å². The number of carbonyl (C=O) groups excluding carboxylic acids is 1. The monoisotopic (exact) mass is 380 g/mol. The van der Waals surface area contributed by atoms with E-state index < -0.39 is 10.0 Å². The molecular formula is C21H20N2O3S. The van der Waals surface area contributed by atoms with Crippen molar-refractivity contribution in [2.75, 3.05) is 16.2 Å². The summed E-state index contributed by atoms with van der Waals surface area (Å²) in [6.07, 6.45) is 1.36. The molecule has 0 saturated carbocycles. The van der Waals surface area contributed by atoms with Crippen LogP contribution >= 0.6 is 0 Å². The fourth-order valence-corrected chi connectivity index (χ4v) is 4.79. The van der Waals surface area contributed by atoms with E-state index in [4.69, 9.17) is 0 Å². The molecule has 0 aromatic heterocycles. The minimum atomic E-state index is -3.76. The largest absolute Gasteiger partial charge is 0.312 e. The lowest BCUT2D eigenvalue weighted by atomic mass is 10.1. The number of amides is 1. The van der Waals surface area contributed by atoms with Crippen LogP contribution in [0.1, 0.15) is 18.4 Å². The van der Waals surface area contributed by atoms with Gasteiger partial charge in [0, 0.05) is 24.0 Å². The van der Waals surface area contributed by atoms with E-state index in [9.17, 15) is 13.2 Å². The summed E-state index contributed by atoms with van der Waals surface area (Å²) < 4.78 is 28.7. The Kier molecular flexibility index (Phi) is 4.36. The second-order valence-electron chi connectivity index (χ2n) is 6.73. The van der Waals surface area contributed by atoms with Crippen LogP contribution in [0.15, 0.2) is 65.6 Å². The third-order valence-corrected chi connectivity index (χ3v) is 6.30. The standard InChI is InChI=1S/C21H20N2O3S/c1-15-11-12-17(14-19(15)23-13-5-10-21(23)24)22-27(25,26)20-9-4-7-16-6-2-3-8-18(16)20/h2-4,6-9,11-12,14,22H,5,10,13H2,1H3. The second-order valence-corrected chi connectivity index (χ2v) is 8.38. The molecule has 1 amide bonds. The van der Waals surface area contributed by atoms with Gasteiger partial charge in [0.2, 0.25) is 5.91 Å². The van der Waals surface area contributed by atoms with Gasteiger partial charge in [0.15, 0.2) is 0 Å². The van der Waals surface area contributed by atoms with Crippen LogP contribution in [0.3, 0.4) is 0 Å². The second kappa shape index (κ2) is 6.70. The highest BCUT2D eigenvalue weighted by Gasteiger charge is 2.24. The zero-order valence-corrected chi connectivity index (χ0v) is 15.8.